The zero-order valence-corrected chi connectivity index (χ0v) is 13.0. The van der Waals surface area contributed by atoms with Crippen molar-refractivity contribution in [3.05, 3.63) is 47.7 Å². The number of hydrogen-bond acceptors (Lipinski definition) is 5. The zero-order valence-electron chi connectivity index (χ0n) is 13.0. The molecular weight excluding hydrogens is 288 g/mol. The summed E-state index contributed by atoms with van der Waals surface area (Å²) in [6.07, 6.45) is 4.20. The van der Waals surface area contributed by atoms with E-state index in [0.29, 0.717) is 16.8 Å². The number of hydrogen-bond donors (Lipinski definition) is 2. The van der Waals surface area contributed by atoms with Crippen molar-refractivity contribution in [2.45, 2.75) is 20.3 Å². The highest BCUT2D eigenvalue weighted by Crippen LogP contribution is 2.31. The number of nitriles is 1. The number of aromatic amines is 1. The van der Waals surface area contributed by atoms with Crippen LogP contribution in [-0.2, 0) is 6.42 Å². The lowest BCUT2D eigenvalue weighted by molar-refractivity contribution is 0.982. The van der Waals surface area contributed by atoms with Crippen molar-refractivity contribution >= 4 is 5.82 Å². The molecule has 0 radical (unpaired) electrons. The molecule has 3 heterocycles. The molecule has 3 aromatic heterocycles. The third-order valence-corrected chi connectivity index (χ3v) is 3.64. The summed E-state index contributed by atoms with van der Waals surface area (Å²) in [6, 6.07) is 7.72. The number of rotatable bonds is 3. The largest absolute Gasteiger partial charge is 0.383 e. The molecule has 3 rings (SSSR count). The molecule has 0 aliphatic rings. The Morgan fingerprint density at radius 3 is 2.78 bits per heavy atom. The average Bonchev–Trinajstić information content (AvgIpc) is 2.96. The fraction of sp³-hybridized carbons (Fsp3) is 0.176. The SMILES string of the molecule is CCc1nc(-c2cc(-c3cccnc3)nc(N)c2C#N)c(C)[nH]1. The summed E-state index contributed by atoms with van der Waals surface area (Å²) < 4.78 is 0. The first-order valence-corrected chi connectivity index (χ1v) is 7.31. The van der Waals surface area contributed by atoms with Gasteiger partial charge in [0.1, 0.15) is 23.3 Å². The van der Waals surface area contributed by atoms with Gasteiger partial charge in [0.15, 0.2) is 0 Å². The zero-order chi connectivity index (χ0) is 16.4. The van der Waals surface area contributed by atoms with Crippen LogP contribution >= 0.6 is 0 Å². The number of nitrogens with two attached hydrogens (primary N) is 1. The van der Waals surface area contributed by atoms with Crippen LogP contribution < -0.4 is 5.73 Å². The Labute approximate surface area is 134 Å². The highest BCUT2D eigenvalue weighted by Gasteiger charge is 2.17. The molecule has 0 bridgehead atoms. The van der Waals surface area contributed by atoms with Gasteiger partial charge in [-0.2, -0.15) is 5.26 Å². The number of aromatic nitrogens is 4. The van der Waals surface area contributed by atoms with E-state index in [9.17, 15) is 5.26 Å². The number of nitrogen functional groups attached to an aromatic ring is 1. The van der Waals surface area contributed by atoms with Gasteiger partial charge >= 0.3 is 0 Å². The van der Waals surface area contributed by atoms with E-state index < -0.39 is 0 Å². The second-order valence-corrected chi connectivity index (χ2v) is 5.18. The van der Waals surface area contributed by atoms with Crippen LogP contribution in [0.5, 0.6) is 0 Å². The number of H-pyrrole nitrogens is 1. The first-order chi connectivity index (χ1) is 11.1. The minimum atomic E-state index is 0.198. The topological polar surface area (TPSA) is 104 Å². The van der Waals surface area contributed by atoms with Crippen molar-refractivity contribution in [2.75, 3.05) is 5.73 Å². The average molecular weight is 304 g/mol. The lowest BCUT2D eigenvalue weighted by Gasteiger charge is -2.08. The van der Waals surface area contributed by atoms with Crippen LogP contribution in [0, 0.1) is 18.3 Å². The number of anilines is 1. The Kier molecular flexibility index (Phi) is 3.77. The van der Waals surface area contributed by atoms with Gasteiger partial charge in [0, 0.05) is 35.6 Å². The fourth-order valence-electron chi connectivity index (χ4n) is 2.48. The Morgan fingerprint density at radius 1 is 1.35 bits per heavy atom. The third-order valence-electron chi connectivity index (χ3n) is 3.64. The van der Waals surface area contributed by atoms with Crippen LogP contribution in [0.4, 0.5) is 5.82 Å². The maximum Gasteiger partial charge on any atom is 0.142 e. The molecule has 0 spiro atoms. The molecule has 0 fully saturated rings. The van der Waals surface area contributed by atoms with E-state index >= 15 is 0 Å². The first kappa shape index (κ1) is 14.7. The molecule has 0 atom stereocenters. The molecule has 0 saturated carbocycles. The van der Waals surface area contributed by atoms with E-state index in [1.807, 2.05) is 32.0 Å². The predicted octanol–water partition coefficient (Wildman–Crippen LogP) is 2.86. The molecule has 0 amide bonds. The molecule has 0 aliphatic carbocycles. The molecule has 3 N–H and O–H groups in total. The van der Waals surface area contributed by atoms with E-state index in [-0.39, 0.29) is 5.82 Å². The Balaban J connectivity index is 2.24. The van der Waals surface area contributed by atoms with Crippen LogP contribution in [-0.4, -0.2) is 19.9 Å². The van der Waals surface area contributed by atoms with E-state index in [4.69, 9.17) is 5.73 Å². The molecule has 3 aromatic rings. The minimum Gasteiger partial charge on any atom is -0.383 e. The molecule has 0 aliphatic heterocycles. The van der Waals surface area contributed by atoms with Gasteiger partial charge in [0.05, 0.1) is 11.4 Å². The lowest BCUT2D eigenvalue weighted by atomic mass is 10.0. The van der Waals surface area contributed by atoms with E-state index in [0.717, 1.165) is 29.2 Å². The van der Waals surface area contributed by atoms with Gasteiger partial charge in [-0.3, -0.25) is 4.98 Å². The fourth-order valence-corrected chi connectivity index (χ4v) is 2.48. The van der Waals surface area contributed by atoms with Gasteiger partial charge in [-0.1, -0.05) is 6.92 Å². The summed E-state index contributed by atoms with van der Waals surface area (Å²) in [5.74, 6) is 1.07. The smallest absolute Gasteiger partial charge is 0.142 e. The van der Waals surface area contributed by atoms with Crippen LogP contribution in [0.25, 0.3) is 22.5 Å². The third kappa shape index (κ3) is 2.64. The van der Waals surface area contributed by atoms with Crippen molar-refractivity contribution in [3.8, 4) is 28.6 Å². The summed E-state index contributed by atoms with van der Waals surface area (Å²) in [5.41, 5.74) is 10.2. The Hall–Kier alpha value is -3.20. The van der Waals surface area contributed by atoms with Crippen LogP contribution in [0.1, 0.15) is 24.0 Å². The van der Waals surface area contributed by atoms with Crippen molar-refractivity contribution < 1.29 is 0 Å². The Morgan fingerprint density at radius 2 is 2.17 bits per heavy atom. The van der Waals surface area contributed by atoms with Gasteiger partial charge in [0.25, 0.3) is 0 Å². The maximum atomic E-state index is 9.46. The van der Waals surface area contributed by atoms with Crippen molar-refractivity contribution in [2.24, 2.45) is 0 Å². The number of nitrogens with zero attached hydrogens (tertiary/aromatic N) is 4. The second-order valence-electron chi connectivity index (χ2n) is 5.18. The van der Waals surface area contributed by atoms with Crippen LogP contribution in [0.3, 0.4) is 0 Å². The summed E-state index contributed by atoms with van der Waals surface area (Å²) in [4.78, 5) is 16.2. The summed E-state index contributed by atoms with van der Waals surface area (Å²) in [6.45, 7) is 3.96. The van der Waals surface area contributed by atoms with E-state index in [2.05, 4.69) is 26.0 Å². The molecular formula is C17H16N6. The number of aryl methyl sites for hydroxylation is 2. The van der Waals surface area contributed by atoms with Gasteiger partial charge in [-0.05, 0) is 25.1 Å². The normalized spacial score (nSPS) is 10.5. The second kappa shape index (κ2) is 5.89. The highest BCUT2D eigenvalue weighted by molar-refractivity contribution is 5.79. The monoisotopic (exact) mass is 304 g/mol. The van der Waals surface area contributed by atoms with Crippen LogP contribution in [0.2, 0.25) is 0 Å². The van der Waals surface area contributed by atoms with Crippen molar-refractivity contribution in [1.29, 1.82) is 5.26 Å². The lowest BCUT2D eigenvalue weighted by Crippen LogP contribution is -2.00. The van der Waals surface area contributed by atoms with Gasteiger partial charge in [-0.15, -0.1) is 0 Å². The number of imidazole rings is 1. The molecule has 0 aromatic carbocycles. The Bertz CT molecular complexity index is 889. The molecule has 6 nitrogen and oxygen atoms in total. The van der Waals surface area contributed by atoms with Crippen LogP contribution in [0.15, 0.2) is 30.6 Å². The summed E-state index contributed by atoms with van der Waals surface area (Å²) in [5, 5.41) is 9.46. The highest BCUT2D eigenvalue weighted by atomic mass is 14.9. The minimum absolute atomic E-state index is 0.198. The maximum absolute atomic E-state index is 9.46. The first-order valence-electron chi connectivity index (χ1n) is 7.31. The molecule has 114 valence electrons. The molecule has 23 heavy (non-hydrogen) atoms. The molecule has 6 heteroatoms. The molecule has 0 unspecified atom stereocenters. The standard InChI is InChI=1S/C17H16N6/c1-3-15-21-10(2)16(23-15)12-7-14(11-5-4-6-20-9-11)22-17(19)13(12)8-18/h4-7,9H,3H2,1-2H3,(H2,19,22)(H,21,23). The van der Waals surface area contributed by atoms with Gasteiger partial charge in [-0.25, -0.2) is 9.97 Å². The quantitative estimate of drug-likeness (QED) is 0.774. The van der Waals surface area contributed by atoms with Crippen molar-refractivity contribution in [1.82, 2.24) is 19.9 Å². The molecule has 0 saturated heterocycles. The van der Waals surface area contributed by atoms with E-state index in [1.54, 1.807) is 12.4 Å². The number of pyridine rings is 2. The van der Waals surface area contributed by atoms with Gasteiger partial charge in [0.2, 0.25) is 0 Å². The number of nitrogens with one attached hydrogen (secondary N) is 1. The summed E-state index contributed by atoms with van der Waals surface area (Å²) >= 11 is 0. The summed E-state index contributed by atoms with van der Waals surface area (Å²) in [7, 11) is 0. The predicted molar refractivity (Wildman–Crippen MR) is 88.3 cm³/mol. The van der Waals surface area contributed by atoms with Crippen molar-refractivity contribution in [3.63, 3.8) is 0 Å². The van der Waals surface area contributed by atoms with Gasteiger partial charge < -0.3 is 10.7 Å². The van der Waals surface area contributed by atoms with E-state index in [1.165, 1.54) is 0 Å².